The number of carbonyl (C=O) groups excluding carboxylic acids is 2. The third kappa shape index (κ3) is 4.44. The molecule has 2 rings (SSSR count). The summed E-state index contributed by atoms with van der Waals surface area (Å²) in [6.45, 7) is 7.25. The largest absolute Gasteiger partial charge is 0.360 e. The van der Waals surface area contributed by atoms with Gasteiger partial charge in [-0.15, -0.1) is 0 Å². The smallest absolute Gasteiger partial charge is 0.241 e. The van der Waals surface area contributed by atoms with Gasteiger partial charge in [-0.3, -0.25) is 19.2 Å². The van der Waals surface area contributed by atoms with E-state index in [2.05, 4.69) is 20.9 Å². The van der Waals surface area contributed by atoms with Crippen molar-refractivity contribution < 1.29 is 14.1 Å². The molecule has 0 radical (unpaired) electrons. The van der Waals surface area contributed by atoms with E-state index in [9.17, 15) is 9.59 Å². The number of likely N-dealkylation sites (N-methyl/N-ethyl adjacent to an activating group) is 1. The van der Waals surface area contributed by atoms with Crippen LogP contribution in [0.5, 0.6) is 0 Å². The van der Waals surface area contributed by atoms with Crippen molar-refractivity contribution in [3.05, 3.63) is 23.2 Å². The first kappa shape index (κ1) is 18.7. The van der Waals surface area contributed by atoms with Crippen LogP contribution in [0.3, 0.4) is 0 Å². The maximum absolute atomic E-state index is 12.5. The number of hydrogen-bond donors (Lipinski definition) is 2. The summed E-state index contributed by atoms with van der Waals surface area (Å²) in [5.41, 5.74) is 2.33. The predicted octanol–water partition coefficient (Wildman–Crippen LogP) is 1.23. The van der Waals surface area contributed by atoms with Crippen LogP contribution in [0.25, 0.3) is 0 Å². The van der Waals surface area contributed by atoms with E-state index in [-0.39, 0.29) is 18.4 Å². The van der Waals surface area contributed by atoms with E-state index in [0.717, 1.165) is 11.4 Å². The standard InChI is InChI=1S/C16H24N6O3/c1-9-7-13(20-25-9)17-14(23)8-21(5)12(4)16(24)18-15-10(2)19-22(6)11(15)3/h7,12H,8H2,1-6H3,(H,18,24)(H,17,20,23). The van der Waals surface area contributed by atoms with Gasteiger partial charge in [-0.05, 0) is 34.7 Å². The van der Waals surface area contributed by atoms with Gasteiger partial charge in [0.25, 0.3) is 0 Å². The Morgan fingerprint density at radius 3 is 2.52 bits per heavy atom. The molecule has 0 aliphatic heterocycles. The van der Waals surface area contributed by atoms with Gasteiger partial charge in [-0.2, -0.15) is 5.10 Å². The number of rotatable bonds is 6. The Kier molecular flexibility index (Phi) is 5.58. The summed E-state index contributed by atoms with van der Waals surface area (Å²) in [5.74, 6) is 0.490. The average molecular weight is 348 g/mol. The molecule has 0 spiro atoms. The lowest BCUT2D eigenvalue weighted by atomic mass is 10.2. The zero-order chi connectivity index (χ0) is 18.7. The number of hydrogen-bond acceptors (Lipinski definition) is 6. The van der Waals surface area contributed by atoms with Crippen molar-refractivity contribution in [1.82, 2.24) is 19.8 Å². The number of nitrogens with zero attached hydrogens (tertiary/aromatic N) is 4. The minimum absolute atomic E-state index is 0.0471. The Morgan fingerprint density at radius 1 is 1.32 bits per heavy atom. The Labute approximate surface area is 146 Å². The summed E-state index contributed by atoms with van der Waals surface area (Å²) in [4.78, 5) is 26.2. The first-order valence-electron chi connectivity index (χ1n) is 7.93. The number of carbonyl (C=O) groups is 2. The van der Waals surface area contributed by atoms with E-state index in [1.54, 1.807) is 36.5 Å². The van der Waals surface area contributed by atoms with Crippen LogP contribution in [0.2, 0.25) is 0 Å². The molecule has 2 N–H and O–H groups in total. The summed E-state index contributed by atoms with van der Waals surface area (Å²) >= 11 is 0. The molecule has 136 valence electrons. The molecule has 1 unspecified atom stereocenters. The van der Waals surface area contributed by atoms with Crippen molar-refractivity contribution in [2.75, 3.05) is 24.2 Å². The molecular weight excluding hydrogens is 324 g/mol. The van der Waals surface area contributed by atoms with Gasteiger partial charge in [0, 0.05) is 13.1 Å². The maximum Gasteiger partial charge on any atom is 0.241 e. The minimum atomic E-state index is -0.496. The monoisotopic (exact) mass is 348 g/mol. The Balaban J connectivity index is 1.93. The van der Waals surface area contributed by atoms with Crippen LogP contribution < -0.4 is 10.6 Å². The molecule has 1 atom stereocenters. The second kappa shape index (κ2) is 7.47. The van der Waals surface area contributed by atoms with Crippen molar-refractivity contribution in [1.29, 1.82) is 0 Å². The van der Waals surface area contributed by atoms with Gasteiger partial charge in [0.05, 0.1) is 29.7 Å². The van der Waals surface area contributed by atoms with E-state index in [1.807, 2.05) is 20.9 Å². The van der Waals surface area contributed by atoms with Gasteiger partial charge in [-0.1, -0.05) is 5.16 Å². The Hall–Kier alpha value is -2.68. The molecule has 0 saturated heterocycles. The van der Waals surface area contributed by atoms with Crippen molar-refractivity contribution in [3.63, 3.8) is 0 Å². The molecule has 25 heavy (non-hydrogen) atoms. The van der Waals surface area contributed by atoms with Crippen molar-refractivity contribution in [2.45, 2.75) is 33.7 Å². The van der Waals surface area contributed by atoms with Crippen LogP contribution in [0.1, 0.15) is 24.1 Å². The molecular formula is C16H24N6O3. The van der Waals surface area contributed by atoms with Gasteiger partial charge in [-0.25, -0.2) is 0 Å². The van der Waals surface area contributed by atoms with E-state index in [4.69, 9.17) is 4.52 Å². The molecule has 2 heterocycles. The Bertz CT molecular complexity index is 779. The average Bonchev–Trinajstić information content (AvgIpc) is 3.04. The third-order valence-electron chi connectivity index (χ3n) is 4.09. The van der Waals surface area contributed by atoms with Crippen LogP contribution in [0.15, 0.2) is 10.6 Å². The topological polar surface area (TPSA) is 105 Å². The second-order valence-electron chi connectivity index (χ2n) is 6.12. The number of amides is 2. The molecule has 0 aliphatic carbocycles. The summed E-state index contributed by atoms with van der Waals surface area (Å²) in [7, 11) is 3.53. The molecule has 0 aliphatic rings. The first-order valence-corrected chi connectivity index (χ1v) is 7.93. The number of aryl methyl sites for hydroxylation is 3. The van der Waals surface area contributed by atoms with Crippen LogP contribution in [0, 0.1) is 20.8 Å². The zero-order valence-electron chi connectivity index (χ0n) is 15.4. The van der Waals surface area contributed by atoms with Gasteiger partial charge in [0.2, 0.25) is 11.8 Å². The summed E-state index contributed by atoms with van der Waals surface area (Å²) in [6.07, 6.45) is 0. The van der Waals surface area contributed by atoms with Gasteiger partial charge < -0.3 is 15.2 Å². The van der Waals surface area contributed by atoms with Crippen LogP contribution in [-0.2, 0) is 16.6 Å². The van der Waals surface area contributed by atoms with Crippen molar-refractivity contribution in [3.8, 4) is 0 Å². The van der Waals surface area contributed by atoms with E-state index < -0.39 is 6.04 Å². The Morgan fingerprint density at radius 2 is 2.00 bits per heavy atom. The highest BCUT2D eigenvalue weighted by atomic mass is 16.5. The van der Waals surface area contributed by atoms with Gasteiger partial charge in [0.15, 0.2) is 5.82 Å². The molecule has 0 aromatic carbocycles. The SMILES string of the molecule is Cc1cc(NC(=O)CN(C)C(C)C(=O)Nc2c(C)nn(C)c2C)no1. The molecule has 2 amide bonds. The van der Waals surface area contributed by atoms with Crippen molar-refractivity contribution >= 4 is 23.3 Å². The second-order valence-corrected chi connectivity index (χ2v) is 6.12. The van der Waals surface area contributed by atoms with E-state index in [0.29, 0.717) is 17.3 Å². The summed E-state index contributed by atoms with van der Waals surface area (Å²) < 4.78 is 6.61. The maximum atomic E-state index is 12.5. The number of nitrogens with one attached hydrogen (secondary N) is 2. The number of anilines is 2. The third-order valence-corrected chi connectivity index (χ3v) is 4.09. The molecule has 9 heteroatoms. The minimum Gasteiger partial charge on any atom is -0.360 e. The predicted molar refractivity (Wildman–Crippen MR) is 93.3 cm³/mol. The highest BCUT2D eigenvalue weighted by molar-refractivity contribution is 5.96. The van der Waals surface area contributed by atoms with Crippen LogP contribution >= 0.6 is 0 Å². The molecule has 2 aromatic heterocycles. The lowest BCUT2D eigenvalue weighted by Gasteiger charge is -2.23. The quantitative estimate of drug-likeness (QED) is 0.813. The van der Waals surface area contributed by atoms with Crippen molar-refractivity contribution in [2.24, 2.45) is 7.05 Å². The fourth-order valence-electron chi connectivity index (χ4n) is 2.35. The van der Waals surface area contributed by atoms with E-state index >= 15 is 0 Å². The molecule has 0 bridgehead atoms. The molecule has 0 fully saturated rings. The highest BCUT2D eigenvalue weighted by Crippen LogP contribution is 2.18. The first-order chi connectivity index (χ1) is 11.7. The van der Waals surface area contributed by atoms with Crippen LogP contribution in [-0.4, -0.2) is 51.3 Å². The normalized spacial score (nSPS) is 12.3. The fraction of sp³-hybridized carbons (Fsp3) is 0.500. The summed E-state index contributed by atoms with van der Waals surface area (Å²) in [6, 6.07) is 1.13. The van der Waals surface area contributed by atoms with Gasteiger partial charge in [0.1, 0.15) is 5.76 Å². The number of aromatic nitrogens is 3. The fourth-order valence-corrected chi connectivity index (χ4v) is 2.35. The van der Waals surface area contributed by atoms with Gasteiger partial charge >= 0.3 is 0 Å². The zero-order valence-corrected chi connectivity index (χ0v) is 15.4. The summed E-state index contributed by atoms with van der Waals surface area (Å²) in [5, 5.41) is 13.5. The van der Waals surface area contributed by atoms with E-state index in [1.165, 1.54) is 0 Å². The highest BCUT2D eigenvalue weighted by Gasteiger charge is 2.22. The lowest BCUT2D eigenvalue weighted by molar-refractivity contribution is -0.122. The lowest BCUT2D eigenvalue weighted by Crippen LogP contribution is -2.43. The van der Waals surface area contributed by atoms with Crippen LogP contribution in [0.4, 0.5) is 11.5 Å². The molecule has 0 saturated carbocycles. The molecule has 2 aromatic rings. The molecule has 9 nitrogen and oxygen atoms in total.